The van der Waals surface area contributed by atoms with E-state index >= 15 is 0 Å². The number of nitro benzene ring substituents is 1. The fourth-order valence-electron chi connectivity index (χ4n) is 2.77. The van der Waals surface area contributed by atoms with E-state index in [1.165, 1.54) is 23.5 Å². The van der Waals surface area contributed by atoms with Gasteiger partial charge in [0.15, 0.2) is 0 Å². The lowest BCUT2D eigenvalue weighted by molar-refractivity contribution is -0.384. The zero-order valence-electron chi connectivity index (χ0n) is 14.2. The molecule has 0 aliphatic rings. The lowest BCUT2D eigenvalue weighted by Crippen LogP contribution is -2.13. The average molecular weight is 378 g/mol. The molecule has 0 fully saturated rings. The smallest absolute Gasteiger partial charge is 0.269 e. The van der Waals surface area contributed by atoms with E-state index in [2.05, 4.69) is 10.4 Å². The standard InChI is InChI=1S/C19H14N4O3S/c1-12-10-18(22(21-12)14-6-8-15(9-7-14)23(25)26)20-19(24)17-11-13-4-2-3-5-16(13)27-17/h2-11H,1H3,(H,20,24). The number of aryl methyl sites for hydroxylation is 1. The van der Waals surface area contributed by atoms with Crippen LogP contribution >= 0.6 is 11.3 Å². The molecule has 134 valence electrons. The highest BCUT2D eigenvalue weighted by Crippen LogP contribution is 2.27. The number of non-ortho nitro benzene ring substituents is 1. The molecule has 2 aromatic heterocycles. The second kappa shape index (κ2) is 6.65. The van der Waals surface area contributed by atoms with Crippen molar-refractivity contribution in [3.05, 3.63) is 81.3 Å². The number of carbonyl (C=O) groups is 1. The number of anilines is 1. The number of fused-ring (bicyclic) bond motifs is 1. The summed E-state index contributed by atoms with van der Waals surface area (Å²) in [5.74, 6) is 0.281. The van der Waals surface area contributed by atoms with Crippen LogP contribution in [0.15, 0.2) is 60.7 Å². The molecule has 0 saturated heterocycles. The van der Waals surface area contributed by atoms with E-state index < -0.39 is 4.92 Å². The maximum atomic E-state index is 12.7. The van der Waals surface area contributed by atoms with Crippen molar-refractivity contribution in [2.75, 3.05) is 5.32 Å². The number of nitrogens with zero attached hydrogens (tertiary/aromatic N) is 3. The molecular weight excluding hydrogens is 364 g/mol. The van der Waals surface area contributed by atoms with Gasteiger partial charge in [0.1, 0.15) is 5.82 Å². The number of nitrogens with one attached hydrogen (secondary N) is 1. The topological polar surface area (TPSA) is 90.1 Å². The van der Waals surface area contributed by atoms with Gasteiger partial charge in [0.05, 0.1) is 21.2 Å². The molecule has 0 aliphatic heterocycles. The number of carbonyl (C=O) groups excluding carboxylic acids is 1. The van der Waals surface area contributed by atoms with Crippen LogP contribution < -0.4 is 5.32 Å². The number of thiophene rings is 1. The molecule has 2 aromatic carbocycles. The number of rotatable bonds is 4. The first-order valence-corrected chi connectivity index (χ1v) is 8.94. The molecular formula is C19H14N4O3S. The van der Waals surface area contributed by atoms with E-state index in [0.29, 0.717) is 16.4 Å². The third-order valence-electron chi connectivity index (χ3n) is 4.03. The summed E-state index contributed by atoms with van der Waals surface area (Å²) in [6.45, 7) is 1.82. The van der Waals surface area contributed by atoms with Crippen molar-refractivity contribution in [3.63, 3.8) is 0 Å². The quantitative estimate of drug-likeness (QED) is 0.416. The molecule has 7 nitrogen and oxygen atoms in total. The van der Waals surface area contributed by atoms with E-state index in [-0.39, 0.29) is 11.6 Å². The minimum absolute atomic E-state index is 0.00140. The highest BCUT2D eigenvalue weighted by molar-refractivity contribution is 7.20. The summed E-state index contributed by atoms with van der Waals surface area (Å²) in [4.78, 5) is 23.7. The molecule has 8 heteroatoms. The first-order chi connectivity index (χ1) is 13.0. The third-order valence-corrected chi connectivity index (χ3v) is 5.14. The molecule has 4 aromatic rings. The molecule has 0 aliphatic carbocycles. The molecule has 0 radical (unpaired) electrons. The van der Waals surface area contributed by atoms with Crippen LogP contribution in [0.2, 0.25) is 0 Å². The van der Waals surface area contributed by atoms with Crippen molar-refractivity contribution in [3.8, 4) is 5.69 Å². The van der Waals surface area contributed by atoms with Gasteiger partial charge in [-0.05, 0) is 36.6 Å². The van der Waals surface area contributed by atoms with Gasteiger partial charge in [-0.2, -0.15) is 5.10 Å². The molecule has 4 rings (SSSR count). The van der Waals surface area contributed by atoms with Gasteiger partial charge >= 0.3 is 0 Å². The zero-order valence-corrected chi connectivity index (χ0v) is 15.1. The van der Waals surface area contributed by atoms with Crippen molar-refractivity contribution >= 4 is 38.8 Å². The van der Waals surface area contributed by atoms with Crippen LogP contribution in [0.1, 0.15) is 15.4 Å². The van der Waals surface area contributed by atoms with Crippen LogP contribution in [0, 0.1) is 17.0 Å². The van der Waals surface area contributed by atoms with Gasteiger partial charge in [0.2, 0.25) is 0 Å². The van der Waals surface area contributed by atoms with Gasteiger partial charge < -0.3 is 5.32 Å². The van der Waals surface area contributed by atoms with Gasteiger partial charge in [-0.1, -0.05) is 18.2 Å². The Morgan fingerprint density at radius 1 is 1.15 bits per heavy atom. The second-order valence-electron chi connectivity index (χ2n) is 5.96. The Morgan fingerprint density at radius 3 is 2.59 bits per heavy atom. The maximum Gasteiger partial charge on any atom is 0.269 e. The monoisotopic (exact) mass is 378 g/mol. The van der Waals surface area contributed by atoms with Crippen LogP contribution in [-0.2, 0) is 0 Å². The Morgan fingerprint density at radius 2 is 1.89 bits per heavy atom. The second-order valence-corrected chi connectivity index (χ2v) is 7.04. The molecule has 1 amide bonds. The SMILES string of the molecule is Cc1cc(NC(=O)c2cc3ccccc3s2)n(-c2ccc([N+](=O)[O-])cc2)n1. The Labute approximate surface area is 158 Å². The molecule has 0 spiro atoms. The lowest BCUT2D eigenvalue weighted by atomic mass is 10.2. The number of aromatic nitrogens is 2. The summed E-state index contributed by atoms with van der Waals surface area (Å²) in [7, 11) is 0. The third kappa shape index (κ3) is 3.30. The van der Waals surface area contributed by atoms with E-state index in [1.54, 1.807) is 22.9 Å². The summed E-state index contributed by atoms with van der Waals surface area (Å²) in [6, 6.07) is 17.4. The van der Waals surface area contributed by atoms with Gasteiger partial charge in [-0.3, -0.25) is 14.9 Å². The fraction of sp³-hybridized carbons (Fsp3) is 0.0526. The molecule has 1 N–H and O–H groups in total. The lowest BCUT2D eigenvalue weighted by Gasteiger charge is -2.08. The Bertz CT molecular complexity index is 1130. The molecule has 0 bridgehead atoms. The van der Waals surface area contributed by atoms with Crippen LogP contribution in [0.3, 0.4) is 0 Å². The van der Waals surface area contributed by atoms with E-state index in [0.717, 1.165) is 15.8 Å². The van der Waals surface area contributed by atoms with Crippen LogP contribution in [-0.4, -0.2) is 20.6 Å². The number of hydrogen-bond acceptors (Lipinski definition) is 5. The molecule has 0 saturated carbocycles. The largest absolute Gasteiger partial charge is 0.306 e. The van der Waals surface area contributed by atoms with Gasteiger partial charge in [0, 0.05) is 22.9 Å². The minimum atomic E-state index is -0.456. The average Bonchev–Trinajstić information content (AvgIpc) is 3.25. The van der Waals surface area contributed by atoms with Crippen LogP contribution in [0.4, 0.5) is 11.5 Å². The van der Waals surface area contributed by atoms with E-state index in [1.807, 2.05) is 37.3 Å². The highest BCUT2D eigenvalue weighted by atomic mass is 32.1. The van der Waals surface area contributed by atoms with Crippen molar-refractivity contribution in [2.24, 2.45) is 0 Å². The summed E-state index contributed by atoms with van der Waals surface area (Å²) < 4.78 is 2.60. The Hall–Kier alpha value is -3.52. The Balaban J connectivity index is 1.64. The van der Waals surface area contributed by atoms with Crippen molar-refractivity contribution in [1.29, 1.82) is 0 Å². The van der Waals surface area contributed by atoms with E-state index in [9.17, 15) is 14.9 Å². The molecule has 2 heterocycles. The highest BCUT2D eigenvalue weighted by Gasteiger charge is 2.15. The van der Waals surface area contributed by atoms with Crippen molar-refractivity contribution in [1.82, 2.24) is 9.78 Å². The van der Waals surface area contributed by atoms with Gasteiger partial charge in [-0.25, -0.2) is 4.68 Å². The first kappa shape index (κ1) is 16.9. The summed E-state index contributed by atoms with van der Waals surface area (Å²) in [6.07, 6.45) is 0. The predicted octanol–water partition coefficient (Wildman–Crippen LogP) is 4.56. The maximum absolute atomic E-state index is 12.7. The zero-order chi connectivity index (χ0) is 19.0. The first-order valence-electron chi connectivity index (χ1n) is 8.13. The number of hydrogen-bond donors (Lipinski definition) is 1. The predicted molar refractivity (Wildman–Crippen MR) is 105 cm³/mol. The number of amides is 1. The Kier molecular flexibility index (Phi) is 4.17. The summed E-state index contributed by atoms with van der Waals surface area (Å²) >= 11 is 1.42. The van der Waals surface area contributed by atoms with Crippen LogP contribution in [0.25, 0.3) is 15.8 Å². The molecule has 0 unspecified atom stereocenters. The molecule has 27 heavy (non-hydrogen) atoms. The van der Waals surface area contributed by atoms with Crippen molar-refractivity contribution in [2.45, 2.75) is 6.92 Å². The van der Waals surface area contributed by atoms with Crippen molar-refractivity contribution < 1.29 is 9.72 Å². The van der Waals surface area contributed by atoms with Crippen LogP contribution in [0.5, 0.6) is 0 Å². The number of benzene rings is 2. The van der Waals surface area contributed by atoms with E-state index in [4.69, 9.17) is 0 Å². The summed E-state index contributed by atoms with van der Waals surface area (Å²) in [5.41, 5.74) is 1.35. The molecule has 0 atom stereocenters. The minimum Gasteiger partial charge on any atom is -0.306 e. The van der Waals surface area contributed by atoms with Gasteiger partial charge in [0.25, 0.3) is 11.6 Å². The number of nitro groups is 1. The van der Waals surface area contributed by atoms with Gasteiger partial charge in [-0.15, -0.1) is 11.3 Å². The fourth-order valence-corrected chi connectivity index (χ4v) is 3.73. The summed E-state index contributed by atoms with van der Waals surface area (Å²) in [5, 5.41) is 19.1. The normalized spacial score (nSPS) is 10.9.